The standard InChI is InChI=1S/C17H17BrN2O3S/c1-10(2)23-15-8-3-11(18)9-14(15)16(22)20-17(24)19-12-4-6-13(21)7-5-12/h3-10,21H,1-2H3,(H2,19,20,22,24). The number of carbonyl (C=O) groups is 1. The quantitative estimate of drug-likeness (QED) is 0.525. The van der Waals surface area contributed by atoms with Crippen LogP contribution in [0.25, 0.3) is 0 Å². The summed E-state index contributed by atoms with van der Waals surface area (Å²) in [6.45, 7) is 3.78. The molecule has 0 saturated heterocycles. The van der Waals surface area contributed by atoms with Crippen molar-refractivity contribution in [3.63, 3.8) is 0 Å². The average Bonchev–Trinajstić information content (AvgIpc) is 2.50. The fourth-order valence-electron chi connectivity index (χ4n) is 1.91. The van der Waals surface area contributed by atoms with E-state index in [9.17, 15) is 9.90 Å². The third kappa shape index (κ3) is 5.21. The molecule has 0 bridgehead atoms. The highest BCUT2D eigenvalue weighted by atomic mass is 79.9. The summed E-state index contributed by atoms with van der Waals surface area (Å²) in [6.07, 6.45) is -0.0557. The first-order valence-electron chi connectivity index (χ1n) is 7.22. The number of benzene rings is 2. The Bertz CT molecular complexity index is 748. The van der Waals surface area contributed by atoms with Gasteiger partial charge in [-0.2, -0.15) is 0 Å². The maximum atomic E-state index is 12.5. The third-order valence-electron chi connectivity index (χ3n) is 2.90. The molecule has 0 aliphatic carbocycles. The van der Waals surface area contributed by atoms with E-state index in [4.69, 9.17) is 17.0 Å². The second kappa shape index (κ2) is 8.12. The van der Waals surface area contributed by atoms with Crippen molar-refractivity contribution in [1.82, 2.24) is 5.32 Å². The molecule has 0 radical (unpaired) electrons. The van der Waals surface area contributed by atoms with Crippen LogP contribution in [0.5, 0.6) is 11.5 Å². The molecular formula is C17H17BrN2O3S. The lowest BCUT2D eigenvalue weighted by molar-refractivity contribution is 0.0972. The number of amides is 1. The maximum absolute atomic E-state index is 12.5. The third-order valence-corrected chi connectivity index (χ3v) is 3.60. The van der Waals surface area contributed by atoms with E-state index in [1.165, 1.54) is 12.1 Å². The number of hydrogen-bond donors (Lipinski definition) is 3. The summed E-state index contributed by atoms with van der Waals surface area (Å²) in [4.78, 5) is 12.5. The first kappa shape index (κ1) is 18.2. The predicted octanol–water partition coefficient (Wildman–Crippen LogP) is 4.07. The zero-order valence-corrected chi connectivity index (χ0v) is 15.6. The van der Waals surface area contributed by atoms with E-state index in [2.05, 4.69) is 26.6 Å². The fraction of sp³-hybridized carbons (Fsp3) is 0.176. The molecule has 0 heterocycles. The van der Waals surface area contributed by atoms with Gasteiger partial charge < -0.3 is 15.2 Å². The molecule has 0 spiro atoms. The van der Waals surface area contributed by atoms with E-state index in [1.807, 2.05) is 19.9 Å². The van der Waals surface area contributed by atoms with E-state index in [0.29, 0.717) is 17.0 Å². The van der Waals surface area contributed by atoms with Gasteiger partial charge in [0, 0.05) is 10.2 Å². The van der Waals surface area contributed by atoms with Crippen LogP contribution in [0, 0.1) is 0 Å². The number of anilines is 1. The van der Waals surface area contributed by atoms with Crippen LogP contribution >= 0.6 is 28.1 Å². The number of thiocarbonyl (C=S) groups is 1. The smallest absolute Gasteiger partial charge is 0.261 e. The molecule has 0 aromatic heterocycles. The molecule has 1 amide bonds. The first-order chi connectivity index (χ1) is 11.3. The summed E-state index contributed by atoms with van der Waals surface area (Å²) in [6, 6.07) is 11.6. The summed E-state index contributed by atoms with van der Waals surface area (Å²) >= 11 is 8.50. The number of halogens is 1. The SMILES string of the molecule is CC(C)Oc1ccc(Br)cc1C(=O)NC(=S)Nc1ccc(O)cc1. The van der Waals surface area contributed by atoms with Crippen LogP contribution < -0.4 is 15.4 Å². The normalized spacial score (nSPS) is 10.3. The molecule has 0 unspecified atom stereocenters. The largest absolute Gasteiger partial charge is 0.508 e. The lowest BCUT2D eigenvalue weighted by atomic mass is 10.2. The van der Waals surface area contributed by atoms with Crippen molar-refractivity contribution in [2.24, 2.45) is 0 Å². The Morgan fingerprint density at radius 3 is 2.50 bits per heavy atom. The van der Waals surface area contributed by atoms with E-state index in [0.717, 1.165) is 4.47 Å². The van der Waals surface area contributed by atoms with Gasteiger partial charge in [0.2, 0.25) is 0 Å². The molecular weight excluding hydrogens is 392 g/mol. The summed E-state index contributed by atoms with van der Waals surface area (Å²) in [5.41, 5.74) is 1.04. The van der Waals surface area contributed by atoms with E-state index >= 15 is 0 Å². The van der Waals surface area contributed by atoms with Gasteiger partial charge in [0.1, 0.15) is 11.5 Å². The van der Waals surface area contributed by atoms with E-state index in [1.54, 1.807) is 24.3 Å². The minimum atomic E-state index is -0.372. The Labute approximate surface area is 154 Å². The Hall–Kier alpha value is -2.12. The molecule has 0 aliphatic heterocycles. The van der Waals surface area contributed by atoms with E-state index in [-0.39, 0.29) is 22.9 Å². The second-order valence-corrected chi connectivity index (χ2v) is 6.59. The molecule has 0 aliphatic rings. The maximum Gasteiger partial charge on any atom is 0.261 e. The summed E-state index contributed by atoms with van der Waals surface area (Å²) in [5.74, 6) is 0.265. The molecule has 2 rings (SSSR count). The molecule has 0 atom stereocenters. The highest BCUT2D eigenvalue weighted by Crippen LogP contribution is 2.24. The summed E-state index contributed by atoms with van der Waals surface area (Å²) < 4.78 is 6.43. The van der Waals surface area contributed by atoms with Crippen LogP contribution in [0.4, 0.5) is 5.69 Å². The van der Waals surface area contributed by atoms with Crippen LogP contribution in [-0.4, -0.2) is 22.2 Å². The number of phenolic OH excluding ortho intramolecular Hbond substituents is 1. The second-order valence-electron chi connectivity index (χ2n) is 5.26. The van der Waals surface area contributed by atoms with Crippen molar-refractivity contribution >= 4 is 44.9 Å². The van der Waals surface area contributed by atoms with Gasteiger partial charge >= 0.3 is 0 Å². The zero-order chi connectivity index (χ0) is 17.7. The Morgan fingerprint density at radius 2 is 1.88 bits per heavy atom. The van der Waals surface area contributed by atoms with Crippen LogP contribution in [-0.2, 0) is 0 Å². The Balaban J connectivity index is 2.09. The lowest BCUT2D eigenvalue weighted by Crippen LogP contribution is -2.34. The van der Waals surface area contributed by atoms with Crippen LogP contribution in [0.1, 0.15) is 24.2 Å². The van der Waals surface area contributed by atoms with Gasteiger partial charge in [0.25, 0.3) is 5.91 Å². The lowest BCUT2D eigenvalue weighted by Gasteiger charge is -2.15. The molecule has 2 aromatic carbocycles. The van der Waals surface area contributed by atoms with Crippen LogP contribution in [0.3, 0.4) is 0 Å². The van der Waals surface area contributed by atoms with Crippen molar-refractivity contribution in [3.8, 4) is 11.5 Å². The number of rotatable bonds is 4. The summed E-state index contributed by atoms with van der Waals surface area (Å²) in [7, 11) is 0. The van der Waals surface area contributed by atoms with Gasteiger partial charge in [-0.3, -0.25) is 10.1 Å². The van der Waals surface area contributed by atoms with E-state index < -0.39 is 0 Å². The minimum Gasteiger partial charge on any atom is -0.508 e. The summed E-state index contributed by atoms with van der Waals surface area (Å²) in [5, 5.41) is 14.9. The Morgan fingerprint density at radius 1 is 1.21 bits per heavy atom. The average molecular weight is 409 g/mol. The fourth-order valence-corrected chi connectivity index (χ4v) is 2.49. The monoisotopic (exact) mass is 408 g/mol. The molecule has 3 N–H and O–H groups in total. The highest BCUT2D eigenvalue weighted by molar-refractivity contribution is 9.10. The topological polar surface area (TPSA) is 70.6 Å². The van der Waals surface area contributed by atoms with Gasteiger partial charge in [-0.05, 0) is 68.5 Å². The van der Waals surface area contributed by atoms with Crippen molar-refractivity contribution in [2.45, 2.75) is 20.0 Å². The van der Waals surface area contributed by atoms with Gasteiger partial charge in [-0.25, -0.2) is 0 Å². The Kier molecular flexibility index (Phi) is 6.16. The van der Waals surface area contributed by atoms with Crippen LogP contribution in [0.15, 0.2) is 46.9 Å². The van der Waals surface area contributed by atoms with Crippen LogP contribution in [0.2, 0.25) is 0 Å². The zero-order valence-electron chi connectivity index (χ0n) is 13.2. The predicted molar refractivity (Wildman–Crippen MR) is 102 cm³/mol. The first-order valence-corrected chi connectivity index (χ1v) is 8.43. The number of phenols is 1. The molecule has 0 saturated carbocycles. The molecule has 126 valence electrons. The van der Waals surface area contributed by atoms with Gasteiger partial charge in [-0.1, -0.05) is 15.9 Å². The minimum absolute atomic E-state index is 0.0557. The van der Waals surface area contributed by atoms with Gasteiger partial charge in [0.05, 0.1) is 11.7 Å². The van der Waals surface area contributed by atoms with Crippen molar-refractivity contribution < 1.29 is 14.6 Å². The molecule has 7 heteroatoms. The van der Waals surface area contributed by atoms with Crippen molar-refractivity contribution in [2.75, 3.05) is 5.32 Å². The number of aromatic hydroxyl groups is 1. The van der Waals surface area contributed by atoms with Crippen molar-refractivity contribution in [1.29, 1.82) is 0 Å². The highest BCUT2D eigenvalue weighted by Gasteiger charge is 2.15. The molecule has 5 nitrogen and oxygen atoms in total. The molecule has 24 heavy (non-hydrogen) atoms. The number of nitrogens with one attached hydrogen (secondary N) is 2. The number of carbonyl (C=O) groups excluding carboxylic acids is 1. The number of hydrogen-bond acceptors (Lipinski definition) is 4. The van der Waals surface area contributed by atoms with Gasteiger partial charge in [0.15, 0.2) is 5.11 Å². The molecule has 0 fully saturated rings. The van der Waals surface area contributed by atoms with Gasteiger partial charge in [-0.15, -0.1) is 0 Å². The molecule has 2 aromatic rings. The van der Waals surface area contributed by atoms with Crippen molar-refractivity contribution in [3.05, 3.63) is 52.5 Å². The number of ether oxygens (including phenoxy) is 1.